The Kier molecular flexibility index (Phi) is 12.2. The zero-order valence-electron chi connectivity index (χ0n) is 29.9. The largest absolute Gasteiger partial charge is 0.462 e. The molecule has 2 unspecified atom stereocenters. The smallest absolute Gasteiger partial charge is 0.341 e. The summed E-state index contributed by atoms with van der Waals surface area (Å²) in [6, 6.07) is 23.5. The Morgan fingerprint density at radius 2 is 1.71 bits per heavy atom. The number of ether oxygens (including phenoxy) is 1. The quantitative estimate of drug-likeness (QED) is 0.0810. The maximum absolute atomic E-state index is 13.6. The lowest BCUT2D eigenvalue weighted by Crippen LogP contribution is -2.30. The third kappa shape index (κ3) is 9.77. The van der Waals surface area contributed by atoms with Crippen LogP contribution in [0.25, 0.3) is 6.08 Å². The van der Waals surface area contributed by atoms with Crippen LogP contribution in [-0.2, 0) is 27.2 Å². The first-order valence-corrected chi connectivity index (χ1v) is 18.9. The highest BCUT2D eigenvalue weighted by atomic mass is 32.2. The molecular formula is C41H45N3O5S2. The number of fused-ring (bicyclic) bond motifs is 1. The number of benzene rings is 3. The molecule has 10 heteroatoms. The minimum absolute atomic E-state index is 0.0865. The van der Waals surface area contributed by atoms with E-state index in [0.717, 1.165) is 45.7 Å². The lowest BCUT2D eigenvalue weighted by molar-refractivity contribution is -0.115. The van der Waals surface area contributed by atoms with Gasteiger partial charge in [-0.1, -0.05) is 74.9 Å². The monoisotopic (exact) mass is 723 g/mol. The van der Waals surface area contributed by atoms with Crippen LogP contribution in [-0.4, -0.2) is 35.5 Å². The molecule has 3 aromatic carbocycles. The van der Waals surface area contributed by atoms with Crippen LogP contribution < -0.4 is 16.0 Å². The van der Waals surface area contributed by atoms with Gasteiger partial charge in [-0.15, -0.1) is 23.1 Å². The van der Waals surface area contributed by atoms with Crippen LogP contribution in [0.4, 0.5) is 10.7 Å². The zero-order valence-corrected chi connectivity index (χ0v) is 31.6. The number of thioether (sulfide) groups is 1. The van der Waals surface area contributed by atoms with Crippen molar-refractivity contribution in [1.29, 1.82) is 0 Å². The Labute approximate surface area is 308 Å². The second kappa shape index (κ2) is 16.6. The molecule has 0 spiro atoms. The Morgan fingerprint density at radius 1 is 0.980 bits per heavy atom. The maximum atomic E-state index is 13.6. The molecule has 5 rings (SSSR count). The van der Waals surface area contributed by atoms with Gasteiger partial charge in [0.05, 0.1) is 17.4 Å². The van der Waals surface area contributed by atoms with Crippen molar-refractivity contribution in [3.8, 4) is 0 Å². The number of amides is 3. The molecule has 0 saturated heterocycles. The second-order valence-corrected chi connectivity index (χ2v) is 16.3. The molecule has 2 atom stereocenters. The molecule has 3 amide bonds. The van der Waals surface area contributed by atoms with E-state index < -0.39 is 23.0 Å². The molecule has 51 heavy (non-hydrogen) atoms. The van der Waals surface area contributed by atoms with Crippen molar-refractivity contribution in [1.82, 2.24) is 5.32 Å². The minimum atomic E-state index is -0.519. The predicted octanol–water partition coefficient (Wildman–Crippen LogP) is 8.91. The first-order valence-electron chi connectivity index (χ1n) is 17.2. The van der Waals surface area contributed by atoms with Crippen LogP contribution in [0.15, 0.2) is 89.5 Å². The summed E-state index contributed by atoms with van der Waals surface area (Å²) < 4.78 is 5.42. The topological polar surface area (TPSA) is 114 Å². The van der Waals surface area contributed by atoms with Gasteiger partial charge in [-0.25, -0.2) is 4.79 Å². The first kappa shape index (κ1) is 37.6. The van der Waals surface area contributed by atoms with E-state index in [-0.39, 0.29) is 23.6 Å². The second-order valence-electron chi connectivity index (χ2n) is 13.8. The van der Waals surface area contributed by atoms with Gasteiger partial charge in [0.15, 0.2) is 0 Å². The van der Waals surface area contributed by atoms with Crippen molar-refractivity contribution < 1.29 is 23.9 Å². The van der Waals surface area contributed by atoms with Gasteiger partial charge in [-0.2, -0.15) is 0 Å². The summed E-state index contributed by atoms with van der Waals surface area (Å²) in [7, 11) is 0. The third-order valence-electron chi connectivity index (χ3n) is 8.90. The molecule has 0 radical (unpaired) electrons. The summed E-state index contributed by atoms with van der Waals surface area (Å²) in [5.41, 5.74) is 4.47. The van der Waals surface area contributed by atoms with Crippen LogP contribution in [0.1, 0.15) is 83.3 Å². The zero-order chi connectivity index (χ0) is 36.7. The highest BCUT2D eigenvalue weighted by Crippen LogP contribution is 2.44. The lowest BCUT2D eigenvalue weighted by atomic mass is 9.72. The number of aryl methyl sites for hydroxylation is 1. The summed E-state index contributed by atoms with van der Waals surface area (Å²) in [5, 5.41) is 8.73. The number of rotatable bonds is 11. The van der Waals surface area contributed by atoms with Gasteiger partial charge < -0.3 is 20.7 Å². The molecule has 4 aromatic rings. The normalized spacial score (nSPS) is 14.9. The van der Waals surface area contributed by atoms with E-state index in [1.54, 1.807) is 62.4 Å². The number of hydrogen-bond donors (Lipinski definition) is 3. The summed E-state index contributed by atoms with van der Waals surface area (Å²) in [4.78, 5) is 55.2. The van der Waals surface area contributed by atoms with Crippen LogP contribution >= 0.6 is 23.1 Å². The molecule has 8 nitrogen and oxygen atoms in total. The van der Waals surface area contributed by atoms with Gasteiger partial charge in [0, 0.05) is 21.0 Å². The van der Waals surface area contributed by atoms with E-state index >= 15 is 0 Å². The maximum Gasteiger partial charge on any atom is 0.341 e. The van der Waals surface area contributed by atoms with Gasteiger partial charge in [0.1, 0.15) is 10.7 Å². The molecule has 1 aliphatic rings. The fraction of sp³-hybridized carbons (Fsp3) is 0.317. The molecule has 3 N–H and O–H groups in total. The third-order valence-corrected chi connectivity index (χ3v) is 11.2. The van der Waals surface area contributed by atoms with Gasteiger partial charge in [0.25, 0.3) is 11.8 Å². The summed E-state index contributed by atoms with van der Waals surface area (Å²) in [6.07, 6.45) is 4.26. The summed E-state index contributed by atoms with van der Waals surface area (Å²) >= 11 is 2.82. The Hall–Kier alpha value is -4.67. The van der Waals surface area contributed by atoms with Crippen molar-refractivity contribution in [2.24, 2.45) is 11.3 Å². The number of nitrogens with one attached hydrogen (secondary N) is 3. The van der Waals surface area contributed by atoms with Crippen molar-refractivity contribution in [3.05, 3.63) is 117 Å². The van der Waals surface area contributed by atoms with Crippen molar-refractivity contribution in [2.75, 3.05) is 17.2 Å². The summed E-state index contributed by atoms with van der Waals surface area (Å²) in [6.45, 7) is 12.6. The lowest BCUT2D eigenvalue weighted by Gasteiger charge is -2.33. The van der Waals surface area contributed by atoms with E-state index in [4.69, 9.17) is 4.74 Å². The molecule has 0 saturated carbocycles. The Balaban J connectivity index is 1.30. The molecule has 1 aliphatic carbocycles. The minimum Gasteiger partial charge on any atom is -0.462 e. The first-order chi connectivity index (χ1) is 24.3. The SMILES string of the molecule is CCOC(=O)c1c(NC(=O)C(C)Sc2cccc(NC(=O)/C(=C\c3ccc(C)cc3)NC(=O)c3ccccc3)c2)sc2c1CCC(C(C)(C)C)C2. The molecular weight excluding hydrogens is 679 g/mol. The highest BCUT2D eigenvalue weighted by molar-refractivity contribution is 8.00. The predicted molar refractivity (Wildman–Crippen MR) is 207 cm³/mol. The van der Waals surface area contributed by atoms with Crippen molar-refractivity contribution in [2.45, 2.75) is 71.0 Å². The highest BCUT2D eigenvalue weighted by Gasteiger charge is 2.35. The number of carbonyl (C=O) groups is 4. The van der Waals surface area contributed by atoms with Gasteiger partial charge >= 0.3 is 5.97 Å². The van der Waals surface area contributed by atoms with Gasteiger partial charge in [-0.3, -0.25) is 14.4 Å². The van der Waals surface area contributed by atoms with Crippen molar-refractivity contribution >= 4 is 63.6 Å². The molecule has 0 aliphatic heterocycles. The average molecular weight is 724 g/mol. The molecule has 266 valence electrons. The number of anilines is 2. The van der Waals surface area contributed by atoms with E-state index in [2.05, 4.69) is 36.7 Å². The fourth-order valence-electron chi connectivity index (χ4n) is 5.92. The van der Waals surface area contributed by atoms with E-state index in [9.17, 15) is 19.2 Å². The fourth-order valence-corrected chi connectivity index (χ4v) is 8.17. The van der Waals surface area contributed by atoms with E-state index in [0.29, 0.717) is 27.7 Å². The number of carbonyl (C=O) groups excluding carboxylic acids is 4. The van der Waals surface area contributed by atoms with E-state index in [1.165, 1.54) is 23.1 Å². The van der Waals surface area contributed by atoms with Crippen LogP contribution in [0, 0.1) is 18.3 Å². The molecule has 1 aromatic heterocycles. The summed E-state index contributed by atoms with van der Waals surface area (Å²) in [5.74, 6) is -1.05. The van der Waals surface area contributed by atoms with Crippen LogP contribution in [0.2, 0.25) is 0 Å². The molecule has 1 heterocycles. The van der Waals surface area contributed by atoms with Gasteiger partial charge in [-0.05, 0) is 98.9 Å². The number of esters is 1. The average Bonchev–Trinajstić information content (AvgIpc) is 3.46. The molecule has 0 fully saturated rings. The number of thiophene rings is 1. The van der Waals surface area contributed by atoms with Crippen LogP contribution in [0.5, 0.6) is 0 Å². The Bertz CT molecular complexity index is 1930. The van der Waals surface area contributed by atoms with Crippen LogP contribution in [0.3, 0.4) is 0 Å². The van der Waals surface area contributed by atoms with E-state index in [1.807, 2.05) is 43.3 Å². The number of hydrogen-bond acceptors (Lipinski definition) is 7. The molecule has 0 bridgehead atoms. The van der Waals surface area contributed by atoms with Gasteiger partial charge in [0.2, 0.25) is 5.91 Å². The van der Waals surface area contributed by atoms with Crippen molar-refractivity contribution in [3.63, 3.8) is 0 Å². The standard InChI is InChI=1S/C41H45N3O5S2/c1-7-49-40(48)35-32-21-20-29(41(4,5)6)23-34(32)51-39(35)44-36(45)26(3)50-31-15-11-14-30(24-31)42-38(47)33(22-27-18-16-25(2)17-19-27)43-37(46)28-12-9-8-10-13-28/h8-19,22,24,26,29H,7,20-21,23H2,1-6H3,(H,42,47)(H,43,46)(H,44,45)/b33-22+. The Morgan fingerprint density at radius 3 is 2.39 bits per heavy atom.